The summed E-state index contributed by atoms with van der Waals surface area (Å²) in [7, 11) is 0. The predicted molar refractivity (Wildman–Crippen MR) is 146 cm³/mol. The SMILES string of the molecule is CC[N+](CC)(CC)Cc1ccn2ncnc(Nc3ccc(NC(=O)NC(=O)Cc4ccc(F)cc4)cc3)c12.[Br-]. The van der Waals surface area contributed by atoms with Crippen LogP contribution < -0.4 is 32.9 Å². The van der Waals surface area contributed by atoms with Gasteiger partial charge in [-0.3, -0.25) is 10.1 Å². The summed E-state index contributed by atoms with van der Waals surface area (Å²) in [4.78, 5) is 28.9. The molecule has 0 aliphatic heterocycles. The first kappa shape index (κ1) is 29.7. The minimum atomic E-state index is -0.641. The Hall–Kier alpha value is -3.83. The first-order chi connectivity index (χ1) is 18.3. The molecule has 0 bridgehead atoms. The van der Waals surface area contributed by atoms with Gasteiger partial charge in [0, 0.05) is 23.1 Å². The van der Waals surface area contributed by atoms with E-state index in [0.717, 1.165) is 41.9 Å². The number of rotatable bonds is 10. The van der Waals surface area contributed by atoms with Crippen molar-refractivity contribution >= 4 is 34.6 Å². The first-order valence-electron chi connectivity index (χ1n) is 12.7. The number of anilines is 3. The molecule has 0 aliphatic carbocycles. The van der Waals surface area contributed by atoms with E-state index in [-0.39, 0.29) is 29.2 Å². The molecule has 2 aromatic heterocycles. The van der Waals surface area contributed by atoms with Crippen LogP contribution in [0.1, 0.15) is 31.9 Å². The zero-order chi connectivity index (χ0) is 27.1. The molecule has 0 aliphatic rings. The van der Waals surface area contributed by atoms with Crippen LogP contribution in [0, 0.1) is 5.82 Å². The number of nitrogens with one attached hydrogen (secondary N) is 3. The van der Waals surface area contributed by atoms with Gasteiger partial charge in [-0.05, 0) is 68.8 Å². The maximum Gasteiger partial charge on any atom is 0.325 e. The quantitative estimate of drug-likeness (QED) is 0.242. The molecule has 0 saturated carbocycles. The van der Waals surface area contributed by atoms with Gasteiger partial charge in [0.2, 0.25) is 5.91 Å². The summed E-state index contributed by atoms with van der Waals surface area (Å²) >= 11 is 0. The van der Waals surface area contributed by atoms with Gasteiger partial charge >= 0.3 is 6.03 Å². The second-order valence-electron chi connectivity index (χ2n) is 9.20. The predicted octanol–water partition coefficient (Wildman–Crippen LogP) is 1.88. The third kappa shape index (κ3) is 7.39. The van der Waals surface area contributed by atoms with Crippen LogP contribution in [-0.2, 0) is 17.8 Å². The zero-order valence-electron chi connectivity index (χ0n) is 22.2. The van der Waals surface area contributed by atoms with Gasteiger partial charge in [-0.1, -0.05) is 12.1 Å². The Morgan fingerprint density at radius 2 is 1.56 bits per heavy atom. The average molecular weight is 599 g/mol. The first-order valence-corrected chi connectivity index (χ1v) is 12.7. The van der Waals surface area contributed by atoms with E-state index in [1.807, 2.05) is 22.8 Å². The summed E-state index contributed by atoms with van der Waals surface area (Å²) in [6, 6.07) is 14.1. The zero-order valence-corrected chi connectivity index (χ0v) is 23.8. The molecule has 39 heavy (non-hydrogen) atoms. The summed E-state index contributed by atoms with van der Waals surface area (Å²) in [5, 5.41) is 12.7. The van der Waals surface area contributed by atoms with Crippen LogP contribution >= 0.6 is 0 Å². The molecule has 0 saturated heterocycles. The van der Waals surface area contributed by atoms with E-state index >= 15 is 0 Å². The van der Waals surface area contributed by atoms with Gasteiger partial charge in [-0.2, -0.15) is 5.10 Å². The third-order valence-electron chi connectivity index (χ3n) is 6.99. The van der Waals surface area contributed by atoms with Crippen molar-refractivity contribution in [3.8, 4) is 0 Å². The smallest absolute Gasteiger partial charge is 0.325 e. The van der Waals surface area contributed by atoms with E-state index in [2.05, 4.69) is 52.9 Å². The highest BCUT2D eigenvalue weighted by Crippen LogP contribution is 2.26. The van der Waals surface area contributed by atoms with Crippen LogP contribution in [0.25, 0.3) is 5.52 Å². The molecule has 9 nitrogen and oxygen atoms in total. The topological polar surface area (TPSA) is 100 Å². The number of imide groups is 1. The van der Waals surface area contributed by atoms with Gasteiger partial charge in [0.25, 0.3) is 0 Å². The van der Waals surface area contributed by atoms with Crippen LogP contribution in [0.3, 0.4) is 0 Å². The molecule has 2 heterocycles. The molecular formula is C28H33BrFN7O2. The minimum Gasteiger partial charge on any atom is -1.00 e. The van der Waals surface area contributed by atoms with Gasteiger partial charge in [-0.25, -0.2) is 18.7 Å². The Morgan fingerprint density at radius 3 is 2.21 bits per heavy atom. The summed E-state index contributed by atoms with van der Waals surface area (Å²) in [5.41, 5.74) is 4.04. The van der Waals surface area contributed by atoms with Crippen LogP contribution in [0.2, 0.25) is 0 Å². The Morgan fingerprint density at radius 1 is 0.923 bits per heavy atom. The number of urea groups is 1. The van der Waals surface area contributed by atoms with Gasteiger partial charge in [-0.15, -0.1) is 0 Å². The van der Waals surface area contributed by atoms with E-state index < -0.39 is 11.9 Å². The number of aromatic nitrogens is 3. The number of fused-ring (bicyclic) bond motifs is 1. The van der Waals surface area contributed by atoms with E-state index in [9.17, 15) is 14.0 Å². The Labute approximate surface area is 237 Å². The van der Waals surface area contributed by atoms with Crippen molar-refractivity contribution < 1.29 is 35.4 Å². The van der Waals surface area contributed by atoms with Crippen molar-refractivity contribution in [2.24, 2.45) is 0 Å². The number of halogens is 2. The summed E-state index contributed by atoms with van der Waals surface area (Å²) in [5.74, 6) is -0.167. The summed E-state index contributed by atoms with van der Waals surface area (Å²) < 4.78 is 15.8. The molecule has 0 radical (unpaired) electrons. The second kappa shape index (κ2) is 13.3. The molecule has 0 fully saturated rings. The van der Waals surface area contributed by atoms with Crippen LogP contribution in [0.5, 0.6) is 0 Å². The van der Waals surface area contributed by atoms with Crippen LogP contribution in [0.15, 0.2) is 67.1 Å². The molecule has 4 rings (SSSR count). The number of hydrogen-bond acceptors (Lipinski definition) is 5. The summed E-state index contributed by atoms with van der Waals surface area (Å²) in [6.45, 7) is 10.7. The molecule has 11 heteroatoms. The number of carbonyl (C=O) groups is 2. The van der Waals surface area contributed by atoms with Gasteiger partial charge in [0.05, 0.1) is 26.1 Å². The van der Waals surface area contributed by atoms with Gasteiger partial charge in [0.15, 0.2) is 5.82 Å². The number of benzene rings is 2. The fraction of sp³-hybridized carbons (Fsp3) is 0.286. The second-order valence-corrected chi connectivity index (χ2v) is 9.20. The Balaban J connectivity index is 0.00000420. The highest BCUT2D eigenvalue weighted by molar-refractivity contribution is 6.01. The van der Waals surface area contributed by atoms with E-state index in [1.165, 1.54) is 36.2 Å². The highest BCUT2D eigenvalue weighted by Gasteiger charge is 2.24. The molecule has 0 atom stereocenters. The minimum absolute atomic E-state index is 0. The molecule has 3 N–H and O–H groups in total. The molecular weight excluding hydrogens is 565 g/mol. The van der Waals surface area contributed by atoms with Crippen LogP contribution in [-0.4, -0.2) is 50.7 Å². The number of quaternary nitrogens is 1. The third-order valence-corrected chi connectivity index (χ3v) is 6.99. The molecule has 206 valence electrons. The normalized spacial score (nSPS) is 11.1. The molecule has 2 aromatic carbocycles. The number of amides is 3. The monoisotopic (exact) mass is 597 g/mol. The van der Waals surface area contributed by atoms with Crippen molar-refractivity contribution in [3.05, 3.63) is 84.1 Å². The Kier molecular flexibility index (Phi) is 10.1. The maximum absolute atomic E-state index is 13.0. The summed E-state index contributed by atoms with van der Waals surface area (Å²) in [6.07, 6.45) is 3.44. The molecule has 0 spiro atoms. The lowest BCUT2D eigenvalue weighted by molar-refractivity contribution is -0.936. The standard InChI is InChI=1S/C28H32FN7O2.BrH/c1-4-36(5-2,6-3)18-21-15-16-35-26(21)27(30-19-31-35)32-23-11-13-24(14-12-23)33-28(38)34-25(37)17-20-7-9-22(29)10-8-20;/h7-16,19H,4-6,17-18H2,1-3H3,(H2-,30,31,32,33,34,37,38);1H. The van der Waals surface area contributed by atoms with Gasteiger partial charge < -0.3 is 32.1 Å². The highest BCUT2D eigenvalue weighted by atomic mass is 79.9. The number of nitrogens with zero attached hydrogens (tertiary/aromatic N) is 4. The van der Waals surface area contributed by atoms with E-state index in [4.69, 9.17) is 0 Å². The number of hydrogen-bond donors (Lipinski definition) is 3. The average Bonchev–Trinajstić information content (AvgIpc) is 3.33. The van der Waals surface area contributed by atoms with Crippen LogP contribution in [0.4, 0.5) is 26.4 Å². The fourth-order valence-corrected chi connectivity index (χ4v) is 4.50. The molecule has 0 unspecified atom stereocenters. The van der Waals surface area contributed by atoms with Gasteiger partial charge in [0.1, 0.15) is 24.2 Å². The lowest BCUT2D eigenvalue weighted by atomic mass is 10.1. The van der Waals surface area contributed by atoms with Crippen molar-refractivity contribution in [3.63, 3.8) is 0 Å². The number of carbonyl (C=O) groups excluding carboxylic acids is 2. The van der Waals surface area contributed by atoms with E-state index in [0.29, 0.717) is 17.1 Å². The van der Waals surface area contributed by atoms with Crippen molar-refractivity contribution in [2.75, 3.05) is 30.3 Å². The lowest BCUT2D eigenvalue weighted by Crippen LogP contribution is -3.00. The van der Waals surface area contributed by atoms with Crippen molar-refractivity contribution in [1.82, 2.24) is 19.9 Å². The molecule has 4 aromatic rings. The lowest BCUT2D eigenvalue weighted by Gasteiger charge is -2.35. The fourth-order valence-electron chi connectivity index (χ4n) is 4.50. The Bertz CT molecular complexity index is 1400. The maximum atomic E-state index is 13.0. The van der Waals surface area contributed by atoms with E-state index in [1.54, 1.807) is 12.1 Å². The van der Waals surface area contributed by atoms with Crippen molar-refractivity contribution in [2.45, 2.75) is 33.7 Å². The largest absolute Gasteiger partial charge is 1.00 e. The van der Waals surface area contributed by atoms with Crippen molar-refractivity contribution in [1.29, 1.82) is 0 Å². The molecule has 3 amide bonds.